The van der Waals surface area contributed by atoms with Gasteiger partial charge >= 0.3 is 0 Å². The molecule has 1 aromatic carbocycles. The van der Waals surface area contributed by atoms with Gasteiger partial charge in [-0.1, -0.05) is 6.07 Å². The Kier molecular flexibility index (Phi) is 7.54. The maximum atomic E-state index is 11.7. The monoisotopic (exact) mass is 312 g/mol. The first-order chi connectivity index (χ1) is 9.65. The molecule has 1 fully saturated rings. The van der Waals surface area contributed by atoms with Crippen molar-refractivity contribution in [3.05, 3.63) is 29.3 Å². The molecule has 21 heavy (non-hydrogen) atoms. The summed E-state index contributed by atoms with van der Waals surface area (Å²) in [6.45, 7) is 6.64. The molecule has 2 rings (SSSR count). The molecule has 1 aliphatic heterocycles. The van der Waals surface area contributed by atoms with Crippen molar-refractivity contribution in [2.75, 3.05) is 19.7 Å². The summed E-state index contributed by atoms with van der Waals surface area (Å²) in [5, 5.41) is 6.27. The normalized spacial score (nSPS) is 17.1. The lowest BCUT2D eigenvalue weighted by molar-refractivity contribution is -0.121. The number of amides is 1. The van der Waals surface area contributed by atoms with Gasteiger partial charge in [0.25, 0.3) is 0 Å². The van der Waals surface area contributed by atoms with E-state index in [0.717, 1.165) is 31.7 Å². The summed E-state index contributed by atoms with van der Waals surface area (Å²) >= 11 is 0. The van der Waals surface area contributed by atoms with Gasteiger partial charge in [0.05, 0.1) is 6.61 Å². The second-order valence-electron chi connectivity index (χ2n) is 5.46. The fraction of sp³-hybridized carbons (Fsp3) is 0.562. The van der Waals surface area contributed by atoms with Crippen molar-refractivity contribution in [1.29, 1.82) is 0 Å². The summed E-state index contributed by atoms with van der Waals surface area (Å²) < 4.78 is 5.67. The van der Waals surface area contributed by atoms with E-state index in [9.17, 15) is 4.79 Å². The summed E-state index contributed by atoms with van der Waals surface area (Å²) in [4.78, 5) is 11.7. The predicted molar refractivity (Wildman–Crippen MR) is 87.3 cm³/mol. The summed E-state index contributed by atoms with van der Waals surface area (Å²) in [6, 6.07) is 6.39. The van der Waals surface area contributed by atoms with Gasteiger partial charge in [0.1, 0.15) is 5.75 Å². The third-order valence-electron chi connectivity index (χ3n) is 3.72. The van der Waals surface area contributed by atoms with Crippen LogP contribution in [0.3, 0.4) is 0 Å². The first kappa shape index (κ1) is 17.8. The zero-order valence-electron chi connectivity index (χ0n) is 12.8. The lowest BCUT2D eigenvalue weighted by Crippen LogP contribution is -2.36. The fourth-order valence-electron chi connectivity index (χ4n) is 2.30. The average molecular weight is 313 g/mol. The lowest BCUT2D eigenvalue weighted by atomic mass is 10.1. The fourth-order valence-corrected chi connectivity index (χ4v) is 2.30. The molecule has 0 aromatic heterocycles. The molecule has 2 N–H and O–H groups in total. The van der Waals surface area contributed by atoms with Crippen LogP contribution in [0.4, 0.5) is 0 Å². The maximum absolute atomic E-state index is 11.7. The number of ether oxygens (including phenoxy) is 1. The van der Waals surface area contributed by atoms with Crippen molar-refractivity contribution in [1.82, 2.24) is 10.6 Å². The Labute approximate surface area is 133 Å². The number of halogens is 1. The van der Waals surface area contributed by atoms with E-state index >= 15 is 0 Å². The molecule has 0 spiro atoms. The summed E-state index contributed by atoms with van der Waals surface area (Å²) in [6.07, 6.45) is 2.31. The van der Waals surface area contributed by atoms with Crippen LogP contribution in [-0.2, 0) is 4.79 Å². The third kappa shape index (κ3) is 5.94. The molecule has 118 valence electrons. The van der Waals surface area contributed by atoms with Crippen molar-refractivity contribution in [3.63, 3.8) is 0 Å². The van der Waals surface area contributed by atoms with Gasteiger partial charge in [-0.3, -0.25) is 4.79 Å². The number of hydrogen-bond acceptors (Lipinski definition) is 3. The average Bonchev–Trinajstić information content (AvgIpc) is 2.91. The zero-order chi connectivity index (χ0) is 14.4. The van der Waals surface area contributed by atoms with Crippen molar-refractivity contribution in [3.8, 4) is 5.75 Å². The Bertz CT molecular complexity index is 460. The topological polar surface area (TPSA) is 50.4 Å². The third-order valence-corrected chi connectivity index (χ3v) is 3.72. The molecular formula is C16H25ClN2O2. The van der Waals surface area contributed by atoms with E-state index in [4.69, 9.17) is 4.74 Å². The summed E-state index contributed by atoms with van der Waals surface area (Å²) in [5.74, 6) is 1.01. The molecular weight excluding hydrogens is 288 g/mol. The highest BCUT2D eigenvalue weighted by atomic mass is 35.5. The van der Waals surface area contributed by atoms with Crippen LogP contribution in [-0.4, -0.2) is 31.6 Å². The van der Waals surface area contributed by atoms with Crippen LogP contribution in [0.5, 0.6) is 5.75 Å². The first-order valence-electron chi connectivity index (χ1n) is 7.35. The summed E-state index contributed by atoms with van der Waals surface area (Å²) in [7, 11) is 0. The van der Waals surface area contributed by atoms with Crippen molar-refractivity contribution >= 4 is 18.3 Å². The molecule has 1 saturated heterocycles. The van der Waals surface area contributed by atoms with Gasteiger partial charge in [-0.15, -0.1) is 12.4 Å². The number of hydrogen-bond donors (Lipinski definition) is 2. The molecule has 0 aliphatic carbocycles. The molecule has 1 unspecified atom stereocenters. The Morgan fingerprint density at radius 2 is 2.19 bits per heavy atom. The van der Waals surface area contributed by atoms with Gasteiger partial charge < -0.3 is 15.4 Å². The standard InChI is InChI=1S/C16H24N2O2.ClH/c1-12-5-6-15(10-13(12)2)20-9-3-4-16(19)18-14-7-8-17-11-14;/h5-6,10,14,17H,3-4,7-9,11H2,1-2H3,(H,18,19);1H. The van der Waals surface area contributed by atoms with Gasteiger partial charge in [0, 0.05) is 19.0 Å². The van der Waals surface area contributed by atoms with Crippen molar-refractivity contribution in [2.45, 2.75) is 39.2 Å². The SMILES string of the molecule is Cc1ccc(OCCCC(=O)NC2CCNC2)cc1C.Cl. The van der Waals surface area contributed by atoms with Gasteiger partial charge in [0.15, 0.2) is 0 Å². The zero-order valence-corrected chi connectivity index (χ0v) is 13.6. The first-order valence-corrected chi connectivity index (χ1v) is 7.35. The van der Waals surface area contributed by atoms with E-state index in [1.165, 1.54) is 11.1 Å². The van der Waals surface area contributed by atoms with E-state index in [1.54, 1.807) is 0 Å². The van der Waals surface area contributed by atoms with E-state index in [1.807, 2.05) is 12.1 Å². The smallest absolute Gasteiger partial charge is 0.220 e. The predicted octanol–water partition coefficient (Wildman–Crippen LogP) is 2.36. The van der Waals surface area contributed by atoms with Crippen LogP contribution >= 0.6 is 12.4 Å². The second kappa shape index (κ2) is 8.90. The molecule has 0 bridgehead atoms. The Morgan fingerprint density at radius 1 is 1.38 bits per heavy atom. The number of benzene rings is 1. The summed E-state index contributed by atoms with van der Waals surface area (Å²) in [5.41, 5.74) is 2.50. The van der Waals surface area contributed by atoms with E-state index in [0.29, 0.717) is 19.1 Å². The molecule has 1 amide bonds. The van der Waals surface area contributed by atoms with E-state index < -0.39 is 0 Å². The van der Waals surface area contributed by atoms with E-state index in [-0.39, 0.29) is 18.3 Å². The molecule has 1 aromatic rings. The molecule has 5 heteroatoms. The number of rotatable bonds is 6. The number of carbonyl (C=O) groups is 1. The van der Waals surface area contributed by atoms with Crippen molar-refractivity contribution in [2.24, 2.45) is 0 Å². The minimum absolute atomic E-state index is 0. The Hall–Kier alpha value is -1.26. The molecule has 0 radical (unpaired) electrons. The van der Waals surface area contributed by atoms with Crippen molar-refractivity contribution < 1.29 is 9.53 Å². The van der Waals surface area contributed by atoms with Crippen LogP contribution in [0.2, 0.25) is 0 Å². The quantitative estimate of drug-likeness (QED) is 0.793. The largest absolute Gasteiger partial charge is 0.494 e. The number of aryl methyl sites for hydroxylation is 2. The Morgan fingerprint density at radius 3 is 2.86 bits per heavy atom. The molecule has 1 atom stereocenters. The van der Waals surface area contributed by atoms with Crippen LogP contribution in [0.1, 0.15) is 30.4 Å². The van der Waals surface area contributed by atoms with E-state index in [2.05, 4.69) is 30.5 Å². The highest BCUT2D eigenvalue weighted by Crippen LogP contribution is 2.16. The van der Waals surface area contributed by atoms with Gasteiger partial charge in [-0.05, 0) is 56.5 Å². The minimum Gasteiger partial charge on any atom is -0.494 e. The number of carbonyl (C=O) groups excluding carboxylic acids is 1. The number of nitrogens with one attached hydrogen (secondary N) is 2. The second-order valence-corrected chi connectivity index (χ2v) is 5.46. The maximum Gasteiger partial charge on any atom is 0.220 e. The van der Waals surface area contributed by atoms with Gasteiger partial charge in [-0.25, -0.2) is 0 Å². The Balaban J connectivity index is 0.00000220. The molecule has 1 heterocycles. The molecule has 1 aliphatic rings. The highest BCUT2D eigenvalue weighted by molar-refractivity contribution is 5.85. The van der Waals surface area contributed by atoms with Crippen LogP contribution in [0.15, 0.2) is 18.2 Å². The highest BCUT2D eigenvalue weighted by Gasteiger charge is 2.16. The van der Waals surface area contributed by atoms with Crippen LogP contribution in [0, 0.1) is 13.8 Å². The van der Waals surface area contributed by atoms with Crippen LogP contribution < -0.4 is 15.4 Å². The lowest BCUT2D eigenvalue weighted by Gasteiger charge is -2.11. The molecule has 4 nitrogen and oxygen atoms in total. The minimum atomic E-state index is 0. The van der Waals surface area contributed by atoms with Crippen LogP contribution in [0.25, 0.3) is 0 Å². The molecule has 0 saturated carbocycles. The van der Waals surface area contributed by atoms with Gasteiger partial charge in [-0.2, -0.15) is 0 Å². The van der Waals surface area contributed by atoms with Gasteiger partial charge in [0.2, 0.25) is 5.91 Å².